The van der Waals surface area contributed by atoms with Crippen molar-refractivity contribution in [3.8, 4) is 0 Å². The number of carbonyl (C=O) groups is 1. The van der Waals surface area contributed by atoms with Gasteiger partial charge in [-0.1, -0.05) is 6.07 Å². The first-order valence-electron chi connectivity index (χ1n) is 6.56. The van der Waals surface area contributed by atoms with E-state index in [-0.39, 0.29) is 10.8 Å². The van der Waals surface area contributed by atoms with E-state index in [1.54, 1.807) is 18.3 Å². The van der Waals surface area contributed by atoms with Gasteiger partial charge in [-0.2, -0.15) is 0 Å². The predicted octanol–water partition coefficient (Wildman–Crippen LogP) is 2.34. The Hall–Kier alpha value is -1.91. The van der Waals surface area contributed by atoms with E-state index in [4.69, 9.17) is 5.14 Å². The van der Waals surface area contributed by atoms with Crippen molar-refractivity contribution < 1.29 is 13.2 Å². The van der Waals surface area contributed by atoms with Gasteiger partial charge in [0.2, 0.25) is 10.0 Å². The molecule has 3 rings (SSSR count). The number of halogens is 1. The third kappa shape index (κ3) is 3.23. The molecule has 0 fully saturated rings. The van der Waals surface area contributed by atoms with Crippen molar-refractivity contribution in [1.29, 1.82) is 0 Å². The molecular formula is C15H12IN3O3S. The van der Waals surface area contributed by atoms with Gasteiger partial charge in [-0.25, -0.2) is 13.6 Å². The summed E-state index contributed by atoms with van der Waals surface area (Å²) in [6.45, 7) is 0. The molecule has 1 aliphatic heterocycles. The summed E-state index contributed by atoms with van der Waals surface area (Å²) in [7, 11) is -3.71. The molecule has 118 valence electrons. The van der Waals surface area contributed by atoms with E-state index >= 15 is 0 Å². The fourth-order valence-electron chi connectivity index (χ4n) is 2.24. The van der Waals surface area contributed by atoms with E-state index in [1.165, 1.54) is 12.1 Å². The summed E-state index contributed by atoms with van der Waals surface area (Å²) >= 11 is 2.18. The first kappa shape index (κ1) is 16.0. The molecular weight excluding hydrogens is 429 g/mol. The zero-order valence-electron chi connectivity index (χ0n) is 11.7. The molecule has 2 aromatic rings. The summed E-state index contributed by atoms with van der Waals surface area (Å²) in [5.41, 5.74) is 2.81. The molecule has 4 N–H and O–H groups in total. The van der Waals surface area contributed by atoms with Crippen LogP contribution in [0.5, 0.6) is 0 Å². The second-order valence-corrected chi connectivity index (χ2v) is 7.61. The topological polar surface area (TPSA) is 101 Å². The summed E-state index contributed by atoms with van der Waals surface area (Å²) < 4.78 is 23.4. The second-order valence-electron chi connectivity index (χ2n) is 4.89. The summed E-state index contributed by atoms with van der Waals surface area (Å²) in [5.74, 6) is -0.183. The molecule has 0 radical (unpaired) electrons. The largest absolute Gasteiger partial charge is 0.361 e. The van der Waals surface area contributed by atoms with Crippen molar-refractivity contribution in [3.05, 3.63) is 57.8 Å². The minimum atomic E-state index is -3.71. The molecule has 23 heavy (non-hydrogen) atoms. The van der Waals surface area contributed by atoms with Crippen LogP contribution in [0.1, 0.15) is 5.56 Å². The summed E-state index contributed by atoms with van der Waals surface area (Å²) in [6, 6.07) is 11.6. The molecule has 1 amide bonds. The number of anilines is 2. The van der Waals surface area contributed by atoms with Crippen molar-refractivity contribution in [1.82, 2.24) is 0 Å². The predicted molar refractivity (Wildman–Crippen MR) is 97.2 cm³/mol. The molecule has 1 heterocycles. The monoisotopic (exact) mass is 441 g/mol. The standard InChI is InChI=1S/C15H12IN3O3S/c16-12-2-1-3-13-14(12)11(15(20)19-13)8-18-9-4-6-10(7-5-9)23(17,21)22/h1-8,18H,(H,19,20)(H2,17,21,22)/b11-8-. The van der Waals surface area contributed by atoms with Gasteiger partial charge in [0.1, 0.15) is 0 Å². The summed E-state index contributed by atoms with van der Waals surface area (Å²) in [6.07, 6.45) is 1.61. The quantitative estimate of drug-likeness (QED) is 0.503. The van der Waals surface area contributed by atoms with Crippen molar-refractivity contribution in [2.75, 3.05) is 10.6 Å². The van der Waals surface area contributed by atoms with Gasteiger partial charge in [0.15, 0.2) is 0 Å². The molecule has 2 aromatic carbocycles. The van der Waals surface area contributed by atoms with Gasteiger partial charge >= 0.3 is 0 Å². The number of hydrogen-bond acceptors (Lipinski definition) is 4. The summed E-state index contributed by atoms with van der Waals surface area (Å²) in [5, 5.41) is 10.9. The van der Waals surface area contributed by atoms with Gasteiger partial charge in [0.25, 0.3) is 5.91 Å². The Labute approximate surface area is 147 Å². The van der Waals surface area contributed by atoms with Crippen molar-refractivity contribution >= 4 is 55.5 Å². The Balaban J connectivity index is 1.88. The third-order valence-corrected chi connectivity index (χ3v) is 5.17. The van der Waals surface area contributed by atoms with Gasteiger partial charge in [0.05, 0.1) is 16.2 Å². The Morgan fingerprint density at radius 3 is 2.48 bits per heavy atom. The third-order valence-electron chi connectivity index (χ3n) is 3.34. The normalized spacial score (nSPS) is 15.4. The number of benzene rings is 2. The van der Waals surface area contributed by atoms with Crippen LogP contribution in [0.4, 0.5) is 11.4 Å². The Bertz CT molecular complexity index is 921. The number of nitrogens with one attached hydrogen (secondary N) is 2. The zero-order chi connectivity index (χ0) is 16.6. The number of rotatable bonds is 3. The van der Waals surface area contributed by atoms with Crippen LogP contribution >= 0.6 is 22.6 Å². The lowest BCUT2D eigenvalue weighted by Gasteiger charge is -2.05. The lowest BCUT2D eigenvalue weighted by atomic mass is 10.1. The van der Waals surface area contributed by atoms with Gasteiger partial charge in [-0.3, -0.25) is 4.79 Å². The van der Waals surface area contributed by atoms with E-state index in [9.17, 15) is 13.2 Å². The highest BCUT2D eigenvalue weighted by Gasteiger charge is 2.25. The maximum atomic E-state index is 12.1. The van der Waals surface area contributed by atoms with Crippen molar-refractivity contribution in [2.24, 2.45) is 5.14 Å². The van der Waals surface area contributed by atoms with Gasteiger partial charge in [-0.15, -0.1) is 0 Å². The number of sulfonamides is 1. The minimum absolute atomic E-state index is 0.0363. The Morgan fingerprint density at radius 2 is 1.83 bits per heavy atom. The van der Waals surface area contributed by atoms with Crippen LogP contribution in [0.25, 0.3) is 5.57 Å². The molecule has 0 atom stereocenters. The summed E-state index contributed by atoms with van der Waals surface area (Å²) in [4.78, 5) is 12.1. The SMILES string of the molecule is NS(=O)(=O)c1ccc(N/C=C2\C(=O)Nc3cccc(I)c32)cc1. The Morgan fingerprint density at radius 1 is 1.13 bits per heavy atom. The lowest BCUT2D eigenvalue weighted by Crippen LogP contribution is -2.11. The van der Waals surface area contributed by atoms with Crippen LogP contribution < -0.4 is 15.8 Å². The first-order valence-corrected chi connectivity index (χ1v) is 9.18. The zero-order valence-corrected chi connectivity index (χ0v) is 14.7. The number of primary sulfonamides is 1. The van der Waals surface area contributed by atoms with Gasteiger partial charge < -0.3 is 10.6 Å². The molecule has 0 aromatic heterocycles. The van der Waals surface area contributed by atoms with Crippen LogP contribution in [0.15, 0.2) is 53.6 Å². The lowest BCUT2D eigenvalue weighted by molar-refractivity contribution is -0.110. The van der Waals surface area contributed by atoms with Crippen LogP contribution in [0, 0.1) is 3.57 Å². The van der Waals surface area contributed by atoms with Crippen molar-refractivity contribution in [3.63, 3.8) is 0 Å². The maximum absolute atomic E-state index is 12.1. The fraction of sp³-hybridized carbons (Fsp3) is 0. The van der Waals surface area contributed by atoms with Crippen LogP contribution in [0.3, 0.4) is 0 Å². The van der Waals surface area contributed by atoms with E-state index in [2.05, 4.69) is 33.2 Å². The molecule has 6 nitrogen and oxygen atoms in total. The number of carbonyl (C=O) groups excluding carboxylic acids is 1. The number of fused-ring (bicyclic) bond motifs is 1. The highest BCUT2D eigenvalue weighted by atomic mass is 127. The highest BCUT2D eigenvalue weighted by Crippen LogP contribution is 2.35. The molecule has 0 saturated carbocycles. The van der Waals surface area contributed by atoms with E-state index in [1.807, 2.05) is 18.2 Å². The molecule has 1 aliphatic rings. The van der Waals surface area contributed by atoms with Crippen LogP contribution in [0.2, 0.25) is 0 Å². The minimum Gasteiger partial charge on any atom is -0.361 e. The molecule has 0 spiro atoms. The molecule has 0 bridgehead atoms. The molecule has 0 unspecified atom stereocenters. The van der Waals surface area contributed by atoms with E-state index < -0.39 is 10.0 Å². The fourth-order valence-corrected chi connectivity index (χ4v) is 3.54. The smallest absolute Gasteiger partial charge is 0.257 e. The molecule has 0 saturated heterocycles. The second kappa shape index (κ2) is 5.95. The van der Waals surface area contributed by atoms with Crippen molar-refractivity contribution in [2.45, 2.75) is 4.90 Å². The molecule has 8 heteroatoms. The highest BCUT2D eigenvalue weighted by molar-refractivity contribution is 14.1. The average molecular weight is 441 g/mol. The first-order chi connectivity index (χ1) is 10.9. The Kier molecular flexibility index (Phi) is 4.13. The molecule has 0 aliphatic carbocycles. The van der Waals surface area contributed by atoms with E-state index in [0.29, 0.717) is 11.3 Å². The van der Waals surface area contributed by atoms with Crippen LogP contribution in [-0.4, -0.2) is 14.3 Å². The van der Waals surface area contributed by atoms with Gasteiger partial charge in [0, 0.05) is 21.0 Å². The van der Waals surface area contributed by atoms with Gasteiger partial charge in [-0.05, 0) is 59.0 Å². The average Bonchev–Trinajstić information content (AvgIpc) is 2.81. The van der Waals surface area contributed by atoms with E-state index in [0.717, 1.165) is 14.8 Å². The number of hydrogen-bond donors (Lipinski definition) is 3. The maximum Gasteiger partial charge on any atom is 0.257 e. The number of nitrogens with two attached hydrogens (primary N) is 1. The number of amides is 1. The van der Waals surface area contributed by atoms with Crippen LogP contribution in [-0.2, 0) is 14.8 Å².